The molecule has 3 atom stereocenters. The Hall–Kier alpha value is -2.48. The Kier molecular flexibility index (Phi) is 5.95. The SMILES string of the molecule is C1=CC2C(Cc3ccccc3)CC1CN2Cc1ccccc1.O=C=O. The molecule has 5 rings (SSSR count). The molecule has 3 aliphatic rings. The average Bonchev–Trinajstić information content (AvgIpc) is 2.65. The van der Waals surface area contributed by atoms with Gasteiger partial charge in [-0.15, -0.1) is 0 Å². The lowest BCUT2D eigenvalue weighted by atomic mass is 9.75. The first-order valence-electron chi connectivity index (χ1n) is 8.79. The first-order chi connectivity index (χ1) is 12.3. The van der Waals surface area contributed by atoms with E-state index < -0.39 is 0 Å². The molecule has 3 unspecified atom stereocenters. The Balaban J connectivity index is 0.000000569. The zero-order valence-corrected chi connectivity index (χ0v) is 14.3. The van der Waals surface area contributed by atoms with Crippen LogP contribution in [-0.4, -0.2) is 23.6 Å². The van der Waals surface area contributed by atoms with Gasteiger partial charge in [0.15, 0.2) is 0 Å². The fourth-order valence-corrected chi connectivity index (χ4v) is 4.12. The maximum atomic E-state index is 8.12. The van der Waals surface area contributed by atoms with E-state index in [9.17, 15) is 0 Å². The number of hydrogen-bond donors (Lipinski definition) is 0. The first kappa shape index (κ1) is 17.3. The van der Waals surface area contributed by atoms with Crippen molar-refractivity contribution in [1.29, 1.82) is 0 Å². The summed E-state index contributed by atoms with van der Waals surface area (Å²) in [5.41, 5.74) is 2.91. The third-order valence-corrected chi connectivity index (χ3v) is 5.13. The summed E-state index contributed by atoms with van der Waals surface area (Å²) in [6, 6.07) is 22.5. The van der Waals surface area contributed by atoms with Crippen molar-refractivity contribution in [2.24, 2.45) is 11.8 Å². The van der Waals surface area contributed by atoms with E-state index in [1.807, 2.05) is 0 Å². The van der Waals surface area contributed by atoms with Gasteiger partial charge in [-0.3, -0.25) is 4.90 Å². The summed E-state index contributed by atoms with van der Waals surface area (Å²) in [4.78, 5) is 18.9. The highest BCUT2D eigenvalue weighted by molar-refractivity contribution is 5.21. The van der Waals surface area contributed by atoms with E-state index in [4.69, 9.17) is 9.59 Å². The van der Waals surface area contributed by atoms with Gasteiger partial charge in [-0.05, 0) is 35.8 Å². The Morgan fingerprint density at radius 3 is 2.08 bits per heavy atom. The highest BCUT2D eigenvalue weighted by atomic mass is 16.2. The van der Waals surface area contributed by atoms with E-state index in [-0.39, 0.29) is 6.15 Å². The topological polar surface area (TPSA) is 37.4 Å². The predicted molar refractivity (Wildman–Crippen MR) is 96.5 cm³/mol. The van der Waals surface area contributed by atoms with Crippen molar-refractivity contribution >= 4 is 6.15 Å². The van der Waals surface area contributed by atoms with E-state index in [2.05, 4.69) is 77.7 Å². The lowest BCUT2D eigenvalue weighted by Crippen LogP contribution is -2.50. The molecule has 0 radical (unpaired) electrons. The second-order valence-electron chi connectivity index (χ2n) is 6.82. The van der Waals surface area contributed by atoms with Crippen LogP contribution in [0.25, 0.3) is 0 Å². The number of carbonyl (C=O) groups excluding carboxylic acids is 2. The van der Waals surface area contributed by atoms with Gasteiger partial charge in [0.2, 0.25) is 0 Å². The minimum atomic E-state index is 0.250. The highest BCUT2D eigenvalue weighted by Crippen LogP contribution is 2.37. The molecule has 1 aliphatic carbocycles. The van der Waals surface area contributed by atoms with Gasteiger partial charge in [0.05, 0.1) is 0 Å². The van der Waals surface area contributed by atoms with Crippen molar-refractivity contribution in [3.8, 4) is 0 Å². The number of hydrogen-bond acceptors (Lipinski definition) is 3. The van der Waals surface area contributed by atoms with Crippen LogP contribution in [-0.2, 0) is 22.6 Å². The van der Waals surface area contributed by atoms with Crippen LogP contribution in [0, 0.1) is 11.8 Å². The molecule has 1 fully saturated rings. The molecule has 2 heterocycles. The molecule has 3 heteroatoms. The van der Waals surface area contributed by atoms with E-state index in [0.717, 1.165) is 18.4 Å². The zero-order valence-electron chi connectivity index (χ0n) is 14.3. The lowest BCUT2D eigenvalue weighted by Gasteiger charge is -2.46. The molecule has 25 heavy (non-hydrogen) atoms. The summed E-state index contributed by atoms with van der Waals surface area (Å²) in [6.07, 6.45) is 7.72. The molecule has 0 amide bonds. The van der Waals surface area contributed by atoms with Crippen molar-refractivity contribution < 1.29 is 9.59 Å². The monoisotopic (exact) mass is 333 g/mol. The Bertz CT molecular complexity index is 669. The minimum Gasteiger partial charge on any atom is -0.292 e. The number of nitrogens with zero attached hydrogens (tertiary/aromatic N) is 1. The minimum absolute atomic E-state index is 0.250. The third-order valence-electron chi connectivity index (χ3n) is 5.13. The fraction of sp³-hybridized carbons (Fsp3) is 0.318. The van der Waals surface area contributed by atoms with Gasteiger partial charge in [-0.25, -0.2) is 0 Å². The maximum absolute atomic E-state index is 8.12. The fourth-order valence-electron chi connectivity index (χ4n) is 4.12. The molecule has 2 bridgehead atoms. The summed E-state index contributed by atoms with van der Waals surface area (Å²) in [7, 11) is 0. The van der Waals surface area contributed by atoms with Crippen molar-refractivity contribution in [1.82, 2.24) is 4.90 Å². The summed E-state index contributed by atoms with van der Waals surface area (Å²) < 4.78 is 0. The van der Waals surface area contributed by atoms with Gasteiger partial charge in [0.1, 0.15) is 0 Å². The van der Waals surface area contributed by atoms with Crippen LogP contribution < -0.4 is 0 Å². The van der Waals surface area contributed by atoms with Crippen molar-refractivity contribution in [3.05, 3.63) is 83.9 Å². The van der Waals surface area contributed by atoms with Crippen LogP contribution in [0.5, 0.6) is 0 Å². The van der Waals surface area contributed by atoms with Gasteiger partial charge in [0.25, 0.3) is 0 Å². The molecule has 128 valence electrons. The van der Waals surface area contributed by atoms with Crippen LogP contribution >= 0.6 is 0 Å². The Morgan fingerprint density at radius 1 is 0.880 bits per heavy atom. The quantitative estimate of drug-likeness (QED) is 0.800. The molecule has 2 aliphatic heterocycles. The second kappa shape index (κ2) is 8.57. The molecular weight excluding hydrogens is 310 g/mol. The van der Waals surface area contributed by atoms with Crippen LogP contribution in [0.3, 0.4) is 0 Å². The largest absolute Gasteiger partial charge is 0.373 e. The molecule has 2 aromatic rings. The van der Waals surface area contributed by atoms with Crippen molar-refractivity contribution in [2.45, 2.75) is 25.4 Å². The van der Waals surface area contributed by atoms with Crippen LogP contribution in [0.2, 0.25) is 0 Å². The Labute approximate surface area is 149 Å². The van der Waals surface area contributed by atoms with Crippen molar-refractivity contribution in [2.75, 3.05) is 6.54 Å². The van der Waals surface area contributed by atoms with Crippen LogP contribution in [0.4, 0.5) is 0 Å². The molecule has 2 aromatic carbocycles. The molecule has 0 saturated carbocycles. The molecule has 0 spiro atoms. The third kappa shape index (κ3) is 4.54. The molecule has 1 saturated heterocycles. The van der Waals surface area contributed by atoms with E-state index in [1.54, 1.807) is 0 Å². The zero-order chi connectivity index (χ0) is 17.5. The number of benzene rings is 2. The molecule has 0 aromatic heterocycles. The predicted octanol–water partition coefficient (Wildman–Crippen LogP) is 3.72. The smallest absolute Gasteiger partial charge is 0.292 e. The standard InChI is InChI=1S/C21H23N.CO2/c1-3-7-17(8-4-1)13-20-14-19-11-12-21(20)22(16-19)15-18-9-5-2-6-10-18;2-1-3/h1-12,19-21H,13-16H2;. The number of fused-ring (bicyclic) bond motifs is 2. The second-order valence-corrected chi connectivity index (χ2v) is 6.82. The molecule has 3 nitrogen and oxygen atoms in total. The molecular formula is C22H23NO2. The van der Waals surface area contributed by atoms with Crippen LogP contribution in [0.1, 0.15) is 17.5 Å². The summed E-state index contributed by atoms with van der Waals surface area (Å²) in [5, 5.41) is 0. The van der Waals surface area contributed by atoms with E-state index in [0.29, 0.717) is 6.04 Å². The van der Waals surface area contributed by atoms with E-state index in [1.165, 1.54) is 30.5 Å². The van der Waals surface area contributed by atoms with Gasteiger partial charge in [-0.1, -0.05) is 72.8 Å². The van der Waals surface area contributed by atoms with Gasteiger partial charge < -0.3 is 0 Å². The average molecular weight is 333 g/mol. The normalized spacial score (nSPS) is 24.2. The highest BCUT2D eigenvalue weighted by Gasteiger charge is 2.37. The number of piperidine rings is 1. The van der Waals surface area contributed by atoms with Crippen molar-refractivity contribution in [3.63, 3.8) is 0 Å². The summed E-state index contributed by atoms with van der Waals surface area (Å²) in [6.45, 7) is 2.30. The Morgan fingerprint density at radius 2 is 1.48 bits per heavy atom. The van der Waals surface area contributed by atoms with Crippen LogP contribution in [0.15, 0.2) is 72.8 Å². The summed E-state index contributed by atoms with van der Waals surface area (Å²) in [5.74, 6) is 1.50. The van der Waals surface area contributed by atoms with E-state index >= 15 is 0 Å². The van der Waals surface area contributed by atoms with Gasteiger partial charge in [-0.2, -0.15) is 9.59 Å². The first-order valence-corrected chi connectivity index (χ1v) is 8.79. The summed E-state index contributed by atoms with van der Waals surface area (Å²) >= 11 is 0. The van der Waals surface area contributed by atoms with Gasteiger partial charge >= 0.3 is 6.15 Å². The number of rotatable bonds is 4. The molecule has 0 N–H and O–H groups in total. The lowest BCUT2D eigenvalue weighted by molar-refractivity contribution is -0.191. The van der Waals surface area contributed by atoms with Gasteiger partial charge in [0, 0.05) is 19.1 Å². The maximum Gasteiger partial charge on any atom is 0.373 e.